The first-order chi connectivity index (χ1) is 25.9. The molecule has 0 radical (unpaired) electrons. The molecule has 3 unspecified atom stereocenters. The van der Waals surface area contributed by atoms with Gasteiger partial charge in [0.2, 0.25) is 5.91 Å². The lowest BCUT2D eigenvalue weighted by atomic mass is 9.99. The topological polar surface area (TPSA) is 84.9 Å². The summed E-state index contributed by atoms with van der Waals surface area (Å²) >= 11 is 0. The number of likely N-dealkylation sites (tertiary alicyclic amines) is 1. The zero-order valence-corrected chi connectivity index (χ0v) is 34.8. The zero-order chi connectivity index (χ0) is 38.6. The largest absolute Gasteiger partial charge is 0.466 e. The van der Waals surface area contributed by atoms with Gasteiger partial charge in [-0.1, -0.05) is 141 Å². The van der Waals surface area contributed by atoms with E-state index in [1.165, 1.54) is 77.0 Å². The third-order valence-corrected chi connectivity index (χ3v) is 10.8. The van der Waals surface area contributed by atoms with E-state index in [4.69, 9.17) is 9.47 Å². The Morgan fingerprint density at radius 1 is 0.660 bits per heavy atom. The van der Waals surface area contributed by atoms with Crippen LogP contribution in [0.25, 0.3) is 0 Å². The molecule has 7 nitrogen and oxygen atoms in total. The lowest BCUT2D eigenvalue weighted by Crippen LogP contribution is -2.41. The summed E-state index contributed by atoms with van der Waals surface area (Å²) in [5, 5.41) is 3.39. The van der Waals surface area contributed by atoms with Crippen molar-refractivity contribution >= 4 is 17.8 Å². The Bertz CT molecular complexity index is 996. The summed E-state index contributed by atoms with van der Waals surface area (Å²) in [6, 6.07) is 0.271. The minimum Gasteiger partial charge on any atom is -0.466 e. The standard InChI is InChI=1S/C46H82N2O5/c1-5-8-27-41(4)34-38-52-45(50)32-23-19-15-11-13-17-21-30-43(47-44(49)40-48-36-25-26-37-48)31-22-18-14-12-16-20-24-33-46(51)53-39-35-42(28-9-6-2)29-10-7-3/h28,41-43H,2,5,7-8,10-27,29-40H2,1,3-4H3,(H,47,49). The minimum absolute atomic E-state index is 0.0336. The second kappa shape index (κ2) is 35.4. The predicted molar refractivity (Wildman–Crippen MR) is 221 cm³/mol. The quantitative estimate of drug-likeness (QED) is 0.0391. The molecule has 3 atom stereocenters. The van der Waals surface area contributed by atoms with Crippen LogP contribution in [0.1, 0.15) is 201 Å². The van der Waals surface area contributed by atoms with Gasteiger partial charge in [0.05, 0.1) is 19.8 Å². The van der Waals surface area contributed by atoms with Crippen molar-refractivity contribution in [2.45, 2.75) is 207 Å². The Balaban J connectivity index is 2.17. The Labute approximate surface area is 326 Å². The molecule has 0 saturated carbocycles. The summed E-state index contributed by atoms with van der Waals surface area (Å²) in [6.07, 6.45) is 32.4. The van der Waals surface area contributed by atoms with E-state index in [1.54, 1.807) is 0 Å². The third kappa shape index (κ3) is 30.7. The van der Waals surface area contributed by atoms with Crippen molar-refractivity contribution < 1.29 is 23.9 Å². The van der Waals surface area contributed by atoms with Gasteiger partial charge in [0, 0.05) is 18.9 Å². The van der Waals surface area contributed by atoms with Crippen molar-refractivity contribution in [3.8, 4) is 0 Å². The number of ether oxygens (including phenoxy) is 2. The van der Waals surface area contributed by atoms with E-state index >= 15 is 0 Å². The van der Waals surface area contributed by atoms with Crippen molar-refractivity contribution in [3.05, 3.63) is 24.1 Å². The van der Waals surface area contributed by atoms with Gasteiger partial charge in [-0.05, 0) is 95.4 Å². The normalized spacial score (nSPS) is 14.5. The van der Waals surface area contributed by atoms with Crippen LogP contribution in [0, 0.1) is 11.8 Å². The lowest BCUT2D eigenvalue weighted by Gasteiger charge is -2.21. The molecular weight excluding hydrogens is 661 g/mol. The van der Waals surface area contributed by atoms with Crippen molar-refractivity contribution in [3.63, 3.8) is 0 Å². The van der Waals surface area contributed by atoms with E-state index < -0.39 is 0 Å². The number of rotatable bonds is 36. The summed E-state index contributed by atoms with van der Waals surface area (Å²) < 4.78 is 10.9. The molecule has 0 aromatic rings. The number of amides is 1. The fourth-order valence-electron chi connectivity index (χ4n) is 7.29. The zero-order valence-electron chi connectivity index (χ0n) is 34.8. The van der Waals surface area contributed by atoms with Crippen molar-refractivity contribution in [1.29, 1.82) is 0 Å². The van der Waals surface area contributed by atoms with Gasteiger partial charge in [-0.2, -0.15) is 0 Å². The smallest absolute Gasteiger partial charge is 0.305 e. The van der Waals surface area contributed by atoms with Gasteiger partial charge in [-0.3, -0.25) is 19.3 Å². The van der Waals surface area contributed by atoms with E-state index in [9.17, 15) is 14.4 Å². The highest BCUT2D eigenvalue weighted by Crippen LogP contribution is 2.18. The number of hydrogen-bond donors (Lipinski definition) is 1. The molecular formula is C46H82N2O5. The second-order valence-corrected chi connectivity index (χ2v) is 15.9. The third-order valence-electron chi connectivity index (χ3n) is 10.8. The maximum Gasteiger partial charge on any atom is 0.305 e. The lowest BCUT2D eigenvalue weighted by molar-refractivity contribution is -0.145. The van der Waals surface area contributed by atoms with Gasteiger partial charge in [-0.15, -0.1) is 0 Å². The van der Waals surface area contributed by atoms with E-state index in [-0.39, 0.29) is 23.9 Å². The molecule has 7 heteroatoms. The number of carbonyl (C=O) groups excluding carboxylic acids is 3. The molecule has 1 heterocycles. The summed E-state index contributed by atoms with van der Waals surface area (Å²) in [6.45, 7) is 13.9. The van der Waals surface area contributed by atoms with Gasteiger partial charge in [0.15, 0.2) is 0 Å². The van der Waals surface area contributed by atoms with Gasteiger partial charge in [-0.25, -0.2) is 0 Å². The Morgan fingerprint density at radius 2 is 1.15 bits per heavy atom. The molecule has 1 rings (SSSR count). The average Bonchev–Trinajstić information content (AvgIpc) is 3.66. The summed E-state index contributed by atoms with van der Waals surface area (Å²) in [5.74, 6) is 1.09. The molecule has 306 valence electrons. The number of unbranched alkanes of at least 4 members (excludes halogenated alkanes) is 14. The summed E-state index contributed by atoms with van der Waals surface area (Å²) in [7, 11) is 0. The molecule has 0 aliphatic carbocycles. The SMILES string of the molecule is C=C=C=CC(CCCC)CCOC(=O)CCCCCCCCCC(CCCCCCCCCC(=O)OCCC(C)CCCC)NC(=O)CN1CCCC1. The van der Waals surface area contributed by atoms with Crippen LogP contribution in [-0.4, -0.2) is 61.6 Å². The van der Waals surface area contributed by atoms with Crippen LogP contribution in [0.15, 0.2) is 24.1 Å². The predicted octanol–water partition coefficient (Wildman–Crippen LogP) is 11.6. The number of carbonyl (C=O) groups is 3. The first-order valence-corrected chi connectivity index (χ1v) is 22.3. The van der Waals surface area contributed by atoms with Crippen LogP contribution in [0.2, 0.25) is 0 Å². The van der Waals surface area contributed by atoms with Crippen LogP contribution in [-0.2, 0) is 23.9 Å². The molecule has 0 bridgehead atoms. The first-order valence-electron chi connectivity index (χ1n) is 22.3. The summed E-state index contributed by atoms with van der Waals surface area (Å²) in [5.41, 5.74) is 5.65. The van der Waals surface area contributed by atoms with E-state index in [1.807, 2.05) is 6.08 Å². The highest BCUT2D eigenvalue weighted by Gasteiger charge is 2.18. The Hall–Kier alpha value is -2.33. The fraction of sp³-hybridized carbons (Fsp3) is 0.848. The monoisotopic (exact) mass is 743 g/mol. The highest BCUT2D eigenvalue weighted by atomic mass is 16.5. The molecule has 1 fully saturated rings. The van der Waals surface area contributed by atoms with E-state index in [0.29, 0.717) is 44.4 Å². The van der Waals surface area contributed by atoms with Crippen LogP contribution < -0.4 is 5.32 Å². The number of nitrogens with one attached hydrogen (secondary N) is 1. The molecule has 0 aromatic heterocycles. The number of esters is 2. The Morgan fingerprint density at radius 3 is 1.68 bits per heavy atom. The molecule has 1 amide bonds. The molecule has 1 N–H and O–H groups in total. The van der Waals surface area contributed by atoms with Crippen molar-refractivity contribution in [2.75, 3.05) is 32.8 Å². The summed E-state index contributed by atoms with van der Waals surface area (Å²) in [4.78, 5) is 39.4. The van der Waals surface area contributed by atoms with Crippen LogP contribution >= 0.6 is 0 Å². The van der Waals surface area contributed by atoms with E-state index in [0.717, 1.165) is 103 Å². The van der Waals surface area contributed by atoms with Crippen LogP contribution in [0.5, 0.6) is 0 Å². The molecule has 1 aliphatic heterocycles. The van der Waals surface area contributed by atoms with Crippen molar-refractivity contribution in [1.82, 2.24) is 10.2 Å². The molecule has 0 aromatic carbocycles. The van der Waals surface area contributed by atoms with Gasteiger partial charge >= 0.3 is 11.9 Å². The van der Waals surface area contributed by atoms with Gasteiger partial charge < -0.3 is 14.8 Å². The first kappa shape index (κ1) is 48.7. The van der Waals surface area contributed by atoms with Gasteiger partial charge in [0.1, 0.15) is 0 Å². The molecule has 53 heavy (non-hydrogen) atoms. The van der Waals surface area contributed by atoms with E-state index in [2.05, 4.69) is 49.0 Å². The van der Waals surface area contributed by atoms with Gasteiger partial charge in [0.25, 0.3) is 0 Å². The molecule has 0 spiro atoms. The fourth-order valence-corrected chi connectivity index (χ4v) is 7.29. The van der Waals surface area contributed by atoms with Crippen LogP contribution in [0.3, 0.4) is 0 Å². The number of nitrogens with zero attached hydrogens (tertiary/aromatic N) is 1. The number of hydrogen-bond acceptors (Lipinski definition) is 6. The minimum atomic E-state index is -0.0763. The second-order valence-electron chi connectivity index (χ2n) is 15.9. The van der Waals surface area contributed by atoms with Crippen molar-refractivity contribution in [2.24, 2.45) is 11.8 Å². The maximum absolute atomic E-state index is 12.8. The molecule has 1 saturated heterocycles. The highest BCUT2D eigenvalue weighted by molar-refractivity contribution is 5.78. The maximum atomic E-state index is 12.8. The number of allylic oxidation sites excluding steroid dienone is 1. The van der Waals surface area contributed by atoms with Crippen LogP contribution in [0.4, 0.5) is 0 Å². The Kier molecular flexibility index (Phi) is 32.5. The average molecular weight is 743 g/mol. The molecule has 1 aliphatic rings.